The lowest BCUT2D eigenvalue weighted by atomic mass is 10.1. The lowest BCUT2D eigenvalue weighted by Gasteiger charge is -2.28. The van der Waals surface area contributed by atoms with Crippen LogP contribution in [0.15, 0.2) is 18.5 Å². The molecule has 94 valence electrons. The second-order valence-electron chi connectivity index (χ2n) is 4.79. The molecule has 0 saturated carbocycles. The van der Waals surface area contributed by atoms with Crippen molar-refractivity contribution in [3.8, 4) is 0 Å². The third kappa shape index (κ3) is 3.43. The number of hydrogen-bond acceptors (Lipinski definition) is 3. The number of hydrogen-bond donors (Lipinski definition) is 1. The molecule has 1 aromatic rings. The van der Waals surface area contributed by atoms with Crippen LogP contribution in [0, 0.1) is 0 Å². The topological polar surface area (TPSA) is 28.2 Å². The summed E-state index contributed by atoms with van der Waals surface area (Å²) in [6, 6.07) is 2.13. The molecule has 1 aromatic heterocycles. The predicted octanol–water partition coefficient (Wildman–Crippen LogP) is 2.57. The average Bonchev–Trinajstić information content (AvgIpc) is 2.30. The van der Waals surface area contributed by atoms with Crippen molar-refractivity contribution in [1.82, 2.24) is 10.3 Å². The van der Waals surface area contributed by atoms with Gasteiger partial charge in [-0.05, 0) is 31.5 Å². The monoisotopic (exact) mass is 233 g/mol. The molecule has 17 heavy (non-hydrogen) atoms. The Balaban J connectivity index is 2.12. The van der Waals surface area contributed by atoms with E-state index < -0.39 is 0 Å². The van der Waals surface area contributed by atoms with Gasteiger partial charge >= 0.3 is 0 Å². The molecule has 1 N–H and O–H groups in total. The molecule has 0 aliphatic carbocycles. The highest BCUT2D eigenvalue weighted by molar-refractivity contribution is 5.51. The first-order valence-corrected chi connectivity index (χ1v) is 6.74. The first-order chi connectivity index (χ1) is 8.42. The molecular weight excluding hydrogens is 210 g/mol. The molecule has 0 radical (unpaired) electrons. The van der Waals surface area contributed by atoms with Crippen LogP contribution in [0.1, 0.15) is 37.7 Å². The van der Waals surface area contributed by atoms with Crippen LogP contribution in [-0.4, -0.2) is 25.1 Å². The molecular formula is C14H23N3. The number of nitrogens with zero attached hydrogens (tertiary/aromatic N) is 2. The van der Waals surface area contributed by atoms with Crippen LogP contribution < -0.4 is 10.2 Å². The normalized spacial score (nSPS) is 17.6. The van der Waals surface area contributed by atoms with Crippen molar-refractivity contribution in [3.63, 3.8) is 0 Å². The minimum Gasteiger partial charge on any atom is -0.370 e. The Kier molecular flexibility index (Phi) is 4.80. The average molecular weight is 233 g/mol. The van der Waals surface area contributed by atoms with E-state index in [1.165, 1.54) is 56.4 Å². The minimum atomic E-state index is 0.925. The van der Waals surface area contributed by atoms with Crippen molar-refractivity contribution in [1.29, 1.82) is 0 Å². The van der Waals surface area contributed by atoms with Gasteiger partial charge in [-0.1, -0.05) is 19.3 Å². The summed E-state index contributed by atoms with van der Waals surface area (Å²) in [6.45, 7) is 3.29. The van der Waals surface area contributed by atoms with Crippen LogP contribution >= 0.6 is 0 Å². The molecule has 1 saturated heterocycles. The fourth-order valence-corrected chi connectivity index (χ4v) is 2.53. The molecule has 1 aliphatic heterocycles. The van der Waals surface area contributed by atoms with Crippen molar-refractivity contribution in [2.75, 3.05) is 25.0 Å². The van der Waals surface area contributed by atoms with Gasteiger partial charge in [0.05, 0.1) is 11.9 Å². The van der Waals surface area contributed by atoms with Gasteiger partial charge in [0.2, 0.25) is 0 Å². The summed E-state index contributed by atoms with van der Waals surface area (Å²) in [7, 11) is 2.00. The van der Waals surface area contributed by atoms with E-state index in [0.717, 1.165) is 6.54 Å². The summed E-state index contributed by atoms with van der Waals surface area (Å²) in [5, 5.41) is 3.24. The van der Waals surface area contributed by atoms with Crippen molar-refractivity contribution >= 4 is 5.69 Å². The van der Waals surface area contributed by atoms with Gasteiger partial charge in [0.25, 0.3) is 0 Å². The summed E-state index contributed by atoms with van der Waals surface area (Å²) < 4.78 is 0. The van der Waals surface area contributed by atoms with Crippen LogP contribution in [0.3, 0.4) is 0 Å². The third-order valence-corrected chi connectivity index (χ3v) is 3.45. The first-order valence-electron chi connectivity index (χ1n) is 6.74. The Hall–Kier alpha value is -1.09. The summed E-state index contributed by atoms with van der Waals surface area (Å²) in [6.07, 6.45) is 10.7. The van der Waals surface area contributed by atoms with Gasteiger partial charge in [0.1, 0.15) is 0 Å². The zero-order valence-corrected chi connectivity index (χ0v) is 10.8. The standard InChI is InChI=1S/C14H23N3/c1-15-11-13-7-8-16-12-14(13)17-9-5-3-2-4-6-10-17/h7-8,12,15H,2-6,9-11H2,1H3. The van der Waals surface area contributed by atoms with Crippen molar-refractivity contribution < 1.29 is 0 Å². The Morgan fingerprint density at radius 2 is 1.88 bits per heavy atom. The molecule has 0 amide bonds. The maximum absolute atomic E-state index is 4.29. The summed E-state index contributed by atoms with van der Waals surface area (Å²) >= 11 is 0. The fraction of sp³-hybridized carbons (Fsp3) is 0.643. The summed E-state index contributed by atoms with van der Waals surface area (Å²) in [5.74, 6) is 0. The highest BCUT2D eigenvalue weighted by atomic mass is 15.1. The van der Waals surface area contributed by atoms with Gasteiger partial charge in [0, 0.05) is 25.8 Å². The molecule has 2 heterocycles. The maximum atomic E-state index is 4.29. The van der Waals surface area contributed by atoms with Crippen LogP contribution in [0.25, 0.3) is 0 Å². The molecule has 2 rings (SSSR count). The minimum absolute atomic E-state index is 0.925. The molecule has 0 unspecified atom stereocenters. The van der Waals surface area contributed by atoms with Crippen molar-refractivity contribution in [3.05, 3.63) is 24.0 Å². The lowest BCUT2D eigenvalue weighted by Crippen LogP contribution is -2.28. The predicted molar refractivity (Wildman–Crippen MR) is 72.3 cm³/mol. The zero-order valence-electron chi connectivity index (χ0n) is 10.8. The van der Waals surface area contributed by atoms with Crippen LogP contribution in [0.5, 0.6) is 0 Å². The Morgan fingerprint density at radius 1 is 1.18 bits per heavy atom. The van der Waals surface area contributed by atoms with E-state index in [1.54, 1.807) is 0 Å². The van der Waals surface area contributed by atoms with Gasteiger partial charge in [-0.2, -0.15) is 0 Å². The SMILES string of the molecule is CNCc1ccncc1N1CCCCCCC1. The highest BCUT2D eigenvalue weighted by Crippen LogP contribution is 2.22. The second-order valence-corrected chi connectivity index (χ2v) is 4.79. The third-order valence-electron chi connectivity index (χ3n) is 3.45. The molecule has 1 fully saturated rings. The first kappa shape index (κ1) is 12.4. The van der Waals surface area contributed by atoms with Crippen molar-refractivity contribution in [2.45, 2.75) is 38.6 Å². The van der Waals surface area contributed by atoms with E-state index >= 15 is 0 Å². The van der Waals surface area contributed by atoms with Gasteiger partial charge < -0.3 is 10.2 Å². The molecule has 0 aromatic carbocycles. The number of aromatic nitrogens is 1. The molecule has 1 aliphatic rings. The van der Waals surface area contributed by atoms with Crippen LogP contribution in [0.2, 0.25) is 0 Å². The van der Waals surface area contributed by atoms with E-state index in [1.807, 2.05) is 19.4 Å². The molecule has 0 atom stereocenters. The second kappa shape index (κ2) is 6.60. The van der Waals surface area contributed by atoms with Gasteiger partial charge in [-0.25, -0.2) is 0 Å². The van der Waals surface area contributed by atoms with Crippen LogP contribution in [0.4, 0.5) is 5.69 Å². The van der Waals surface area contributed by atoms with Crippen molar-refractivity contribution in [2.24, 2.45) is 0 Å². The highest BCUT2D eigenvalue weighted by Gasteiger charge is 2.12. The van der Waals surface area contributed by atoms with E-state index in [0.29, 0.717) is 0 Å². The van der Waals surface area contributed by atoms with Gasteiger partial charge in [-0.15, -0.1) is 0 Å². The van der Waals surface area contributed by atoms with Gasteiger partial charge in [0.15, 0.2) is 0 Å². The quantitative estimate of drug-likeness (QED) is 0.869. The summed E-state index contributed by atoms with van der Waals surface area (Å²) in [5.41, 5.74) is 2.69. The number of anilines is 1. The van der Waals surface area contributed by atoms with E-state index in [9.17, 15) is 0 Å². The van der Waals surface area contributed by atoms with E-state index in [-0.39, 0.29) is 0 Å². The van der Waals surface area contributed by atoms with E-state index in [2.05, 4.69) is 21.3 Å². The number of rotatable bonds is 3. The zero-order chi connectivity index (χ0) is 11.9. The molecule has 0 bridgehead atoms. The number of nitrogens with one attached hydrogen (secondary N) is 1. The molecule has 3 heteroatoms. The largest absolute Gasteiger partial charge is 0.370 e. The Bertz CT molecular complexity index is 330. The molecule has 0 spiro atoms. The Morgan fingerprint density at radius 3 is 2.59 bits per heavy atom. The van der Waals surface area contributed by atoms with E-state index in [4.69, 9.17) is 0 Å². The Labute approximate surface area is 104 Å². The smallest absolute Gasteiger partial charge is 0.0598 e. The fourth-order valence-electron chi connectivity index (χ4n) is 2.53. The molecule has 3 nitrogen and oxygen atoms in total. The summed E-state index contributed by atoms with van der Waals surface area (Å²) in [4.78, 5) is 6.80. The van der Waals surface area contributed by atoms with Gasteiger partial charge in [-0.3, -0.25) is 4.98 Å². The maximum Gasteiger partial charge on any atom is 0.0598 e. The lowest BCUT2D eigenvalue weighted by molar-refractivity contribution is 0.555. The van der Waals surface area contributed by atoms with Crippen LogP contribution in [-0.2, 0) is 6.54 Å². The number of pyridine rings is 1.